The van der Waals surface area contributed by atoms with Crippen molar-refractivity contribution in [1.82, 2.24) is 10.4 Å². The topological polar surface area (TPSA) is 69.6 Å². The molecule has 1 unspecified atom stereocenters. The smallest absolute Gasteiger partial charge is 0.246 e. The molecule has 0 saturated heterocycles. The predicted molar refractivity (Wildman–Crippen MR) is 108 cm³/mol. The van der Waals surface area contributed by atoms with Crippen LogP contribution >= 0.6 is 0 Å². The van der Waals surface area contributed by atoms with Gasteiger partial charge in [0.2, 0.25) is 5.91 Å². The number of nitrogens with zero attached hydrogens (tertiary/aromatic N) is 1. The number of benzene rings is 2. The Bertz CT molecular complexity index is 889. The number of fused-ring (bicyclic) bond motifs is 1. The second-order valence-corrected chi connectivity index (χ2v) is 8.06. The van der Waals surface area contributed by atoms with Crippen LogP contribution in [-0.4, -0.2) is 35.9 Å². The molecule has 0 saturated carbocycles. The van der Waals surface area contributed by atoms with E-state index >= 15 is 0 Å². The van der Waals surface area contributed by atoms with Gasteiger partial charge in [0.1, 0.15) is 0 Å². The van der Waals surface area contributed by atoms with Crippen molar-refractivity contribution < 1.29 is 14.8 Å². The Kier molecular flexibility index (Phi) is 6.27. The van der Waals surface area contributed by atoms with E-state index < -0.39 is 0 Å². The van der Waals surface area contributed by atoms with Crippen molar-refractivity contribution >= 4 is 11.7 Å². The van der Waals surface area contributed by atoms with Gasteiger partial charge in [0, 0.05) is 24.4 Å². The lowest BCUT2D eigenvalue weighted by Crippen LogP contribution is -2.32. The molecule has 5 nitrogen and oxygen atoms in total. The number of ketones is 1. The SMILES string of the molecule is Cc1cc(CN(C)C)cc(C(=O)Cc2ccc3c(c2)CC(C(=O)NO)CC3)c1. The summed E-state index contributed by atoms with van der Waals surface area (Å²) in [7, 11) is 4.03. The molecule has 0 fully saturated rings. The number of rotatable bonds is 6. The number of Topliss-reactive ketones (excluding diaryl/α,β-unsaturated/α-hetero) is 1. The first-order chi connectivity index (χ1) is 13.4. The summed E-state index contributed by atoms with van der Waals surface area (Å²) in [6.07, 6.45) is 2.49. The molecular weight excluding hydrogens is 352 g/mol. The zero-order valence-corrected chi connectivity index (χ0v) is 16.8. The normalized spacial score (nSPS) is 16.0. The summed E-state index contributed by atoms with van der Waals surface area (Å²) >= 11 is 0. The van der Waals surface area contributed by atoms with Crippen molar-refractivity contribution in [3.05, 3.63) is 69.8 Å². The van der Waals surface area contributed by atoms with Gasteiger partial charge in [-0.25, -0.2) is 5.48 Å². The van der Waals surface area contributed by atoms with Gasteiger partial charge in [-0.15, -0.1) is 0 Å². The van der Waals surface area contributed by atoms with Gasteiger partial charge in [-0.1, -0.05) is 29.8 Å². The number of aryl methyl sites for hydroxylation is 2. The highest BCUT2D eigenvalue weighted by Crippen LogP contribution is 2.27. The molecule has 0 aliphatic heterocycles. The third-order valence-electron chi connectivity index (χ3n) is 5.30. The first kappa shape index (κ1) is 20.2. The van der Waals surface area contributed by atoms with Gasteiger partial charge < -0.3 is 4.90 Å². The fraction of sp³-hybridized carbons (Fsp3) is 0.391. The molecule has 0 aromatic heterocycles. The molecule has 1 aliphatic rings. The molecule has 0 bridgehead atoms. The number of nitrogens with one attached hydrogen (secondary N) is 1. The average Bonchev–Trinajstić information content (AvgIpc) is 2.65. The average molecular weight is 380 g/mol. The molecule has 3 rings (SSSR count). The van der Waals surface area contributed by atoms with Gasteiger partial charge in [-0.2, -0.15) is 0 Å². The van der Waals surface area contributed by atoms with Crippen LogP contribution in [0.5, 0.6) is 0 Å². The van der Waals surface area contributed by atoms with E-state index in [1.54, 1.807) is 5.48 Å². The van der Waals surface area contributed by atoms with E-state index in [-0.39, 0.29) is 17.6 Å². The van der Waals surface area contributed by atoms with Gasteiger partial charge in [0.25, 0.3) is 0 Å². The minimum absolute atomic E-state index is 0.101. The van der Waals surface area contributed by atoms with E-state index in [0.717, 1.165) is 47.2 Å². The number of carbonyl (C=O) groups excluding carboxylic acids is 2. The summed E-state index contributed by atoms with van der Waals surface area (Å²) in [5.74, 6) is -0.446. The predicted octanol–water partition coefficient (Wildman–Crippen LogP) is 3.09. The second kappa shape index (κ2) is 8.67. The molecule has 28 heavy (non-hydrogen) atoms. The van der Waals surface area contributed by atoms with Crippen molar-refractivity contribution in [3.63, 3.8) is 0 Å². The van der Waals surface area contributed by atoms with Crippen molar-refractivity contribution in [2.45, 2.75) is 39.2 Å². The third-order valence-corrected chi connectivity index (χ3v) is 5.30. The minimum atomic E-state index is -0.333. The molecule has 1 amide bonds. The van der Waals surface area contributed by atoms with Gasteiger partial charge in [-0.3, -0.25) is 14.8 Å². The van der Waals surface area contributed by atoms with E-state index in [2.05, 4.69) is 17.0 Å². The molecule has 2 aromatic rings. The fourth-order valence-electron chi connectivity index (χ4n) is 4.00. The molecule has 0 spiro atoms. The van der Waals surface area contributed by atoms with E-state index in [9.17, 15) is 9.59 Å². The molecule has 0 radical (unpaired) electrons. The van der Waals surface area contributed by atoms with Crippen molar-refractivity contribution in [3.8, 4) is 0 Å². The Morgan fingerprint density at radius 3 is 2.61 bits per heavy atom. The van der Waals surface area contributed by atoms with E-state index in [0.29, 0.717) is 12.8 Å². The Labute approximate surface area is 166 Å². The van der Waals surface area contributed by atoms with Gasteiger partial charge in [0.05, 0.1) is 0 Å². The second-order valence-electron chi connectivity index (χ2n) is 8.06. The standard InChI is InChI=1S/C23H28N2O3/c1-15-8-17(14-25(2)3)11-21(9-15)22(26)12-16-4-5-18-6-7-19(23(27)24-28)13-20(18)10-16/h4-5,8-11,19,28H,6-7,12-14H2,1-3H3,(H,24,27). The van der Waals surface area contributed by atoms with Crippen LogP contribution in [0.25, 0.3) is 0 Å². The number of hydrogen-bond donors (Lipinski definition) is 2. The lowest BCUT2D eigenvalue weighted by Gasteiger charge is -2.23. The summed E-state index contributed by atoms with van der Waals surface area (Å²) in [6.45, 7) is 2.82. The molecule has 1 aliphatic carbocycles. The Hall–Kier alpha value is -2.50. The van der Waals surface area contributed by atoms with E-state index in [1.165, 1.54) is 5.56 Å². The monoisotopic (exact) mass is 380 g/mol. The maximum atomic E-state index is 12.9. The van der Waals surface area contributed by atoms with Crippen LogP contribution in [-0.2, 0) is 30.6 Å². The van der Waals surface area contributed by atoms with Crippen LogP contribution in [0.4, 0.5) is 0 Å². The van der Waals surface area contributed by atoms with Crippen molar-refractivity contribution in [1.29, 1.82) is 0 Å². The third kappa shape index (κ3) is 4.86. The molecule has 148 valence electrons. The summed E-state index contributed by atoms with van der Waals surface area (Å²) in [4.78, 5) is 26.7. The summed E-state index contributed by atoms with van der Waals surface area (Å²) in [6, 6.07) is 12.2. The molecule has 5 heteroatoms. The quantitative estimate of drug-likeness (QED) is 0.459. The van der Waals surface area contributed by atoms with Crippen LogP contribution in [0.15, 0.2) is 36.4 Å². The molecule has 1 atom stereocenters. The highest BCUT2D eigenvalue weighted by molar-refractivity contribution is 5.97. The lowest BCUT2D eigenvalue weighted by molar-refractivity contribution is -0.133. The van der Waals surface area contributed by atoms with E-state index in [1.807, 2.05) is 45.3 Å². The van der Waals surface area contributed by atoms with Crippen molar-refractivity contribution in [2.75, 3.05) is 14.1 Å². The van der Waals surface area contributed by atoms with Crippen LogP contribution in [0.1, 0.15) is 44.6 Å². The number of carbonyl (C=O) groups is 2. The largest absolute Gasteiger partial charge is 0.305 e. The molecule has 2 N–H and O–H groups in total. The Balaban J connectivity index is 1.77. The fourth-order valence-corrected chi connectivity index (χ4v) is 4.00. The number of amides is 1. The number of hydrogen-bond acceptors (Lipinski definition) is 4. The first-order valence-corrected chi connectivity index (χ1v) is 9.69. The Morgan fingerprint density at radius 1 is 1.11 bits per heavy atom. The highest BCUT2D eigenvalue weighted by atomic mass is 16.5. The molecule has 2 aromatic carbocycles. The lowest BCUT2D eigenvalue weighted by atomic mass is 9.82. The van der Waals surface area contributed by atoms with Gasteiger partial charge in [-0.05, 0) is 74.7 Å². The highest BCUT2D eigenvalue weighted by Gasteiger charge is 2.24. The minimum Gasteiger partial charge on any atom is -0.305 e. The zero-order chi connectivity index (χ0) is 20.3. The maximum absolute atomic E-state index is 12.9. The van der Waals surface area contributed by atoms with Crippen LogP contribution in [0.3, 0.4) is 0 Å². The van der Waals surface area contributed by atoms with Crippen LogP contribution in [0.2, 0.25) is 0 Å². The zero-order valence-electron chi connectivity index (χ0n) is 16.8. The molecule has 0 heterocycles. The molecular formula is C23H28N2O3. The maximum Gasteiger partial charge on any atom is 0.246 e. The summed E-state index contributed by atoms with van der Waals surface area (Å²) in [5.41, 5.74) is 8.01. The van der Waals surface area contributed by atoms with Crippen LogP contribution < -0.4 is 5.48 Å². The first-order valence-electron chi connectivity index (χ1n) is 9.69. The van der Waals surface area contributed by atoms with Crippen LogP contribution in [0, 0.1) is 12.8 Å². The van der Waals surface area contributed by atoms with E-state index in [4.69, 9.17) is 5.21 Å². The van der Waals surface area contributed by atoms with Gasteiger partial charge in [0.15, 0.2) is 5.78 Å². The van der Waals surface area contributed by atoms with Crippen molar-refractivity contribution in [2.24, 2.45) is 5.92 Å². The number of hydroxylamine groups is 1. The Morgan fingerprint density at radius 2 is 1.89 bits per heavy atom. The summed E-state index contributed by atoms with van der Waals surface area (Å²) in [5, 5.41) is 8.89. The van der Waals surface area contributed by atoms with Gasteiger partial charge >= 0.3 is 0 Å². The summed E-state index contributed by atoms with van der Waals surface area (Å²) < 4.78 is 0.